The van der Waals surface area contributed by atoms with Crippen molar-refractivity contribution in [2.75, 3.05) is 24.7 Å². The van der Waals surface area contributed by atoms with E-state index in [-0.39, 0.29) is 36.6 Å². The summed E-state index contributed by atoms with van der Waals surface area (Å²) >= 11 is 0. The normalized spacial score (nSPS) is 38.1. The van der Waals surface area contributed by atoms with Crippen LogP contribution in [0, 0.1) is 11.8 Å². The van der Waals surface area contributed by atoms with Crippen molar-refractivity contribution >= 4 is 20.2 Å². The number of hydrogen-bond acceptors (Lipinski definition) is 6. The van der Waals surface area contributed by atoms with Crippen LogP contribution in [-0.2, 0) is 28.6 Å². The molecule has 8 heteroatoms. The van der Waals surface area contributed by atoms with Crippen LogP contribution in [0.25, 0.3) is 0 Å². The maximum Gasteiger partial charge on any atom is 0.267 e. The van der Waals surface area contributed by atoms with Gasteiger partial charge in [-0.05, 0) is 6.42 Å². The van der Waals surface area contributed by atoms with Crippen LogP contribution in [-0.4, -0.2) is 41.6 Å². The Morgan fingerprint density at radius 3 is 1.53 bits per heavy atom. The number of hydrogen-bond donors (Lipinski definition) is 0. The molecule has 2 fully saturated rings. The van der Waals surface area contributed by atoms with Crippen molar-refractivity contribution in [2.24, 2.45) is 11.8 Å². The van der Waals surface area contributed by atoms with Crippen molar-refractivity contribution in [3.8, 4) is 0 Å². The van der Waals surface area contributed by atoms with Crippen LogP contribution in [0.1, 0.15) is 6.42 Å². The zero-order chi connectivity index (χ0) is 11.1. The molecule has 0 aromatic heterocycles. The van der Waals surface area contributed by atoms with Gasteiger partial charge < -0.3 is 0 Å². The molecule has 0 aromatic rings. The van der Waals surface area contributed by atoms with Crippen molar-refractivity contribution in [1.82, 2.24) is 0 Å². The Kier molecular flexibility index (Phi) is 2.78. The van der Waals surface area contributed by atoms with E-state index in [1.807, 2.05) is 0 Å². The van der Waals surface area contributed by atoms with Crippen molar-refractivity contribution in [3.05, 3.63) is 0 Å². The van der Waals surface area contributed by atoms with Crippen LogP contribution in [0.5, 0.6) is 0 Å². The average Bonchev–Trinajstić information content (AvgIpc) is 2.56. The van der Waals surface area contributed by atoms with E-state index in [1.54, 1.807) is 0 Å². The van der Waals surface area contributed by atoms with Gasteiger partial charge in [0.25, 0.3) is 20.2 Å². The molecule has 88 valence electrons. The van der Waals surface area contributed by atoms with Gasteiger partial charge in [-0.3, -0.25) is 8.37 Å². The molecule has 2 saturated heterocycles. The van der Waals surface area contributed by atoms with Gasteiger partial charge in [-0.15, -0.1) is 0 Å². The molecule has 6 nitrogen and oxygen atoms in total. The van der Waals surface area contributed by atoms with E-state index < -0.39 is 20.2 Å². The van der Waals surface area contributed by atoms with E-state index in [4.69, 9.17) is 0 Å². The van der Waals surface area contributed by atoms with Gasteiger partial charge in [-0.1, -0.05) is 0 Å². The minimum Gasteiger partial charge on any atom is -0.270 e. The maximum atomic E-state index is 11.0. The fourth-order valence-corrected chi connectivity index (χ4v) is 4.52. The first kappa shape index (κ1) is 11.3. The quantitative estimate of drug-likeness (QED) is 0.609. The van der Waals surface area contributed by atoms with Crippen LogP contribution < -0.4 is 0 Å². The molecular weight excluding hydrogens is 244 g/mol. The third-order valence-electron chi connectivity index (χ3n) is 2.51. The van der Waals surface area contributed by atoms with Gasteiger partial charge in [0.05, 0.1) is 24.7 Å². The summed E-state index contributed by atoms with van der Waals surface area (Å²) in [7, 11) is -6.71. The first-order valence-corrected chi connectivity index (χ1v) is 7.76. The lowest BCUT2D eigenvalue weighted by molar-refractivity contribution is 0.256. The lowest BCUT2D eigenvalue weighted by Crippen LogP contribution is -2.15. The molecule has 0 N–H and O–H groups in total. The van der Waals surface area contributed by atoms with Crippen LogP contribution in [0.4, 0.5) is 0 Å². The predicted molar refractivity (Wildman–Crippen MR) is 51.1 cm³/mol. The maximum absolute atomic E-state index is 11.0. The van der Waals surface area contributed by atoms with E-state index in [0.29, 0.717) is 6.42 Å². The van der Waals surface area contributed by atoms with Crippen molar-refractivity contribution < 1.29 is 25.2 Å². The van der Waals surface area contributed by atoms with Crippen LogP contribution in [0.2, 0.25) is 0 Å². The second-order valence-corrected chi connectivity index (χ2v) is 7.35. The molecule has 0 bridgehead atoms. The molecular formula is C7H12O6S2. The molecule has 2 aliphatic rings. The first-order valence-electron chi connectivity index (χ1n) is 4.60. The highest BCUT2D eigenvalue weighted by atomic mass is 32.2. The van der Waals surface area contributed by atoms with Gasteiger partial charge >= 0.3 is 0 Å². The highest BCUT2D eigenvalue weighted by molar-refractivity contribution is 7.87. The molecule has 2 unspecified atom stereocenters. The Balaban J connectivity index is 1.90. The Bertz CT molecular complexity index is 394. The van der Waals surface area contributed by atoms with E-state index in [1.165, 1.54) is 0 Å². The average molecular weight is 256 g/mol. The summed E-state index contributed by atoms with van der Waals surface area (Å²) in [6, 6.07) is 0. The summed E-state index contributed by atoms with van der Waals surface area (Å²) < 4.78 is 53.1. The second kappa shape index (κ2) is 3.69. The van der Waals surface area contributed by atoms with E-state index in [9.17, 15) is 16.8 Å². The first-order chi connectivity index (χ1) is 6.86. The van der Waals surface area contributed by atoms with Crippen molar-refractivity contribution in [3.63, 3.8) is 0 Å². The lowest BCUT2D eigenvalue weighted by atomic mass is 9.99. The van der Waals surface area contributed by atoms with Crippen LogP contribution in [0.15, 0.2) is 0 Å². The molecule has 0 saturated carbocycles. The minimum absolute atomic E-state index is 0.0104. The van der Waals surface area contributed by atoms with Gasteiger partial charge in [0.2, 0.25) is 0 Å². The smallest absolute Gasteiger partial charge is 0.267 e. The predicted octanol–water partition coefficient (Wildman–Crippen LogP) is -0.671. The molecule has 2 aliphatic heterocycles. The lowest BCUT2D eigenvalue weighted by Gasteiger charge is -2.08. The fourth-order valence-electron chi connectivity index (χ4n) is 1.91. The molecule has 0 radical (unpaired) electrons. The molecule has 0 aromatic carbocycles. The highest BCUT2D eigenvalue weighted by Crippen LogP contribution is 2.26. The Morgan fingerprint density at radius 2 is 1.27 bits per heavy atom. The second-order valence-electron chi connectivity index (χ2n) is 3.99. The Morgan fingerprint density at radius 1 is 0.867 bits per heavy atom. The van der Waals surface area contributed by atoms with Crippen LogP contribution in [0.3, 0.4) is 0 Å². The fraction of sp³-hybridized carbons (Fsp3) is 1.00. The minimum atomic E-state index is -3.36. The SMILES string of the molecule is O=S1(=O)CC(CC2COS(=O)(=O)C2)CO1. The van der Waals surface area contributed by atoms with E-state index >= 15 is 0 Å². The third-order valence-corrected chi connectivity index (χ3v) is 5.26. The number of rotatable bonds is 2. The molecule has 0 spiro atoms. The summed E-state index contributed by atoms with van der Waals surface area (Å²) in [6.45, 7) is 0.331. The van der Waals surface area contributed by atoms with Gasteiger partial charge in [0.15, 0.2) is 0 Å². The summed E-state index contributed by atoms with van der Waals surface area (Å²) in [5.74, 6) is -0.221. The third kappa shape index (κ3) is 2.90. The Hall–Kier alpha value is -0.180. The van der Waals surface area contributed by atoms with Gasteiger partial charge in [0.1, 0.15) is 0 Å². The molecule has 0 aliphatic carbocycles. The Labute approximate surface area is 88.8 Å². The van der Waals surface area contributed by atoms with Gasteiger partial charge in [-0.25, -0.2) is 0 Å². The topological polar surface area (TPSA) is 86.7 Å². The summed E-state index contributed by atoms with van der Waals surface area (Å²) in [6.07, 6.45) is 0.526. The van der Waals surface area contributed by atoms with Crippen molar-refractivity contribution in [2.45, 2.75) is 6.42 Å². The highest BCUT2D eigenvalue weighted by Gasteiger charge is 2.35. The zero-order valence-corrected chi connectivity index (χ0v) is 9.59. The van der Waals surface area contributed by atoms with Gasteiger partial charge in [0, 0.05) is 11.8 Å². The van der Waals surface area contributed by atoms with E-state index in [0.717, 1.165) is 0 Å². The standard InChI is InChI=1S/C7H12O6S2/c8-14(9)4-6(2-12-14)1-7-3-13-15(10,11)5-7/h6-7H,1-5H2. The van der Waals surface area contributed by atoms with Gasteiger partial charge in [-0.2, -0.15) is 16.8 Å². The molecule has 15 heavy (non-hydrogen) atoms. The van der Waals surface area contributed by atoms with Crippen molar-refractivity contribution in [1.29, 1.82) is 0 Å². The monoisotopic (exact) mass is 256 g/mol. The summed E-state index contributed by atoms with van der Waals surface area (Å²) in [5, 5.41) is 0. The zero-order valence-electron chi connectivity index (χ0n) is 7.96. The largest absolute Gasteiger partial charge is 0.270 e. The molecule has 0 amide bonds. The molecule has 2 heterocycles. The van der Waals surface area contributed by atoms with E-state index in [2.05, 4.69) is 8.37 Å². The summed E-state index contributed by atoms with van der Waals surface area (Å²) in [5.41, 5.74) is 0. The van der Waals surface area contributed by atoms with Crippen LogP contribution >= 0.6 is 0 Å². The molecule has 2 atom stereocenters. The molecule has 2 rings (SSSR count). The summed E-state index contributed by atoms with van der Waals surface area (Å²) in [4.78, 5) is 0.